The number of hydrogen-bond donors (Lipinski definition) is 0. The molecule has 0 spiro atoms. The monoisotopic (exact) mass is 1160 g/mol. The Labute approximate surface area is 498 Å². The van der Waals surface area contributed by atoms with Crippen LogP contribution >= 0.6 is 22.7 Å². The number of esters is 4. The highest BCUT2D eigenvalue weighted by Crippen LogP contribution is 2.60. The average molecular weight is 1170 g/mol. The van der Waals surface area contributed by atoms with Crippen LogP contribution in [0.25, 0.3) is 43.1 Å². The number of ketones is 4. The Bertz CT molecular complexity index is 4210. The Morgan fingerprint density at radius 1 is 0.349 bits per heavy atom. The molecule has 0 amide bonds. The van der Waals surface area contributed by atoms with Gasteiger partial charge in [0.05, 0.1) is 20.5 Å². The van der Waals surface area contributed by atoms with Crippen molar-refractivity contribution in [3.63, 3.8) is 0 Å². The number of benzene rings is 8. The minimum Gasteiger partial charge on any atom is -0.459 e. The second-order valence-electron chi connectivity index (χ2n) is 21.2. The lowest BCUT2D eigenvalue weighted by Gasteiger charge is -2.29. The number of fused-ring (bicyclic) bond motifs is 9. The van der Waals surface area contributed by atoms with E-state index in [9.17, 15) is 19.2 Å². The van der Waals surface area contributed by atoms with Crippen molar-refractivity contribution in [2.75, 3.05) is 0 Å². The summed E-state index contributed by atoms with van der Waals surface area (Å²) < 4.78 is 25.4. The van der Waals surface area contributed by atoms with Crippen molar-refractivity contribution in [3.05, 3.63) is 294 Å². The predicted octanol–water partition coefficient (Wildman–Crippen LogP) is 13.5. The van der Waals surface area contributed by atoms with Gasteiger partial charge in [0.25, 0.3) is 0 Å². The van der Waals surface area contributed by atoms with Gasteiger partial charge in [-0.25, -0.2) is 0 Å². The van der Waals surface area contributed by atoms with Gasteiger partial charge in [0.15, 0.2) is 23.1 Å². The van der Waals surface area contributed by atoms with Crippen LogP contribution < -0.4 is 0 Å². The average Bonchev–Trinajstić information content (AvgIpc) is 1.52. The first-order valence-corrected chi connectivity index (χ1v) is 29.1. The molecule has 0 fully saturated rings. The van der Waals surface area contributed by atoms with Gasteiger partial charge >= 0.3 is 23.9 Å². The summed E-state index contributed by atoms with van der Waals surface area (Å²) in [4.78, 5) is 123. The highest BCUT2D eigenvalue weighted by atomic mass is 32.1. The molecule has 2 aromatic heterocycles. The molecular weight excluding hydrogens is 1120 g/mol. The first-order chi connectivity index (χ1) is 41.9. The number of ether oxygens (including phenoxy) is 4. The summed E-state index contributed by atoms with van der Waals surface area (Å²) in [5, 5.41) is 2.91. The van der Waals surface area contributed by atoms with Crippen LogP contribution in [0, 0.1) is 0 Å². The maximum Gasteiger partial charge on any atom is 0.333 e. The lowest BCUT2D eigenvalue weighted by atomic mass is 9.75. The molecule has 0 N–H and O–H groups in total. The van der Waals surface area contributed by atoms with E-state index in [1.165, 1.54) is 24.3 Å². The third-order valence-corrected chi connectivity index (χ3v) is 18.6. The molecule has 14 heteroatoms. The zero-order chi connectivity index (χ0) is 58.8. The molecule has 2 heterocycles. The molecule has 0 saturated heterocycles. The van der Waals surface area contributed by atoms with Crippen LogP contribution in [0.5, 0.6) is 0 Å². The summed E-state index contributed by atoms with van der Waals surface area (Å²) in [6, 6.07) is 56.5. The largest absolute Gasteiger partial charge is 0.459 e. The number of Topliss-reactive ketones (excluding diaryl/α,β-unsaturated/α-hetero) is 4. The summed E-state index contributed by atoms with van der Waals surface area (Å²) >= 11 is 2.07. The molecule has 86 heavy (non-hydrogen) atoms. The van der Waals surface area contributed by atoms with Crippen LogP contribution in [0.15, 0.2) is 229 Å². The lowest BCUT2D eigenvalue weighted by Crippen LogP contribution is -2.46. The van der Waals surface area contributed by atoms with Gasteiger partial charge in [0, 0.05) is 43.1 Å². The zero-order valence-electron chi connectivity index (χ0n) is 45.3. The van der Waals surface area contributed by atoms with E-state index in [1.54, 1.807) is 146 Å². The quantitative estimate of drug-likeness (QED) is 0.0332. The topological polar surface area (TPSA) is 173 Å². The van der Waals surface area contributed by atoms with Gasteiger partial charge < -0.3 is 18.9 Å². The highest BCUT2D eigenvalue weighted by molar-refractivity contribution is 7.29. The molecule has 12 nitrogen and oxygen atoms in total. The number of hydrogen-bond acceptors (Lipinski definition) is 14. The van der Waals surface area contributed by atoms with Gasteiger partial charge in [0.2, 0.25) is 10.8 Å². The summed E-state index contributed by atoms with van der Waals surface area (Å²) in [5.74, 6) is -6.87. The summed E-state index contributed by atoms with van der Waals surface area (Å²) in [6.07, 6.45) is 5.61. The molecular formula is C72H44O12S2. The van der Waals surface area contributed by atoms with Crippen molar-refractivity contribution < 1.29 is 57.3 Å². The Balaban J connectivity index is 0.992. The second kappa shape index (κ2) is 21.3. The van der Waals surface area contributed by atoms with Gasteiger partial charge in [-0.05, 0) is 104 Å². The Morgan fingerprint density at radius 3 is 0.849 bits per heavy atom. The van der Waals surface area contributed by atoms with Gasteiger partial charge in [-0.3, -0.25) is 38.4 Å². The third-order valence-electron chi connectivity index (χ3n) is 16.2. The molecule has 0 bridgehead atoms. The smallest absolute Gasteiger partial charge is 0.333 e. The SMILES string of the molecule is O=C1C(=CC2=Cc3sc4c5c(sc4c3C2(C(=O)OCc2ccccc2)C(=O)OCc2ccccc2)C=C(C=C2C(=O)c3cc4ccccc4cc3C2=O)C5(C(=O)OCc2ccccc2)C(=O)OCc2ccccc2)C(=O)c2cc3ccccc3cc21. The lowest BCUT2D eigenvalue weighted by molar-refractivity contribution is -0.166. The Kier molecular flexibility index (Phi) is 13.2. The van der Waals surface area contributed by atoms with Crippen molar-refractivity contribution in [1.29, 1.82) is 0 Å². The van der Waals surface area contributed by atoms with Gasteiger partial charge in [-0.1, -0.05) is 170 Å². The van der Waals surface area contributed by atoms with Gasteiger partial charge in [-0.15, -0.1) is 22.7 Å². The molecule has 0 saturated carbocycles. The van der Waals surface area contributed by atoms with Crippen molar-refractivity contribution in [3.8, 4) is 0 Å². The number of carbonyl (C=O) groups excluding carboxylic acids is 8. The van der Waals surface area contributed by atoms with Crippen LogP contribution in [-0.4, -0.2) is 47.0 Å². The van der Waals surface area contributed by atoms with Crippen LogP contribution in [0.1, 0.15) is 84.6 Å². The molecule has 0 atom stereocenters. The standard InChI is InChI=1S/C72H44O12S2/c73-61-51-29-45-25-13-14-26-46(45)30-52(51)62(74)55(61)33-49-35-57-59(71(49,67(77)81-37-41-17-5-1-6-18-41)68(78)82-38-42-19-7-2-8-20-42)65-66(85-57)60-58(86-65)36-50(34-56-63(75)53-31-47-27-15-16-28-48(47)32-54(53)64(56)76)72(60,69(79)83-39-43-21-9-3-10-22-43)70(80)84-40-44-23-11-4-12-24-44/h1-36H,37-40H2. The van der Waals surface area contributed by atoms with Crippen molar-refractivity contribution in [2.24, 2.45) is 0 Å². The molecule has 8 aromatic carbocycles. The van der Waals surface area contributed by atoms with Crippen molar-refractivity contribution >= 4 is 113 Å². The van der Waals surface area contributed by atoms with E-state index in [0.717, 1.165) is 44.2 Å². The van der Waals surface area contributed by atoms with E-state index in [1.807, 2.05) is 48.5 Å². The van der Waals surface area contributed by atoms with Crippen LogP contribution in [0.4, 0.5) is 0 Å². The minimum atomic E-state index is -2.57. The fourth-order valence-corrected chi connectivity index (χ4v) is 15.0. The van der Waals surface area contributed by atoms with Crippen molar-refractivity contribution in [1.82, 2.24) is 0 Å². The zero-order valence-corrected chi connectivity index (χ0v) is 47.0. The van der Waals surface area contributed by atoms with Gasteiger partial charge in [-0.2, -0.15) is 0 Å². The van der Waals surface area contributed by atoms with Crippen molar-refractivity contribution in [2.45, 2.75) is 37.3 Å². The normalized spacial score (nSPS) is 15.0. The van der Waals surface area contributed by atoms with E-state index in [4.69, 9.17) is 18.9 Å². The third kappa shape index (κ3) is 8.63. The second-order valence-corrected chi connectivity index (χ2v) is 23.3. The molecule has 10 aromatic rings. The molecule has 4 aliphatic rings. The maximum absolute atomic E-state index is 15.9. The molecule has 14 rings (SSSR count). The van der Waals surface area contributed by atoms with E-state index >= 15 is 19.2 Å². The predicted molar refractivity (Wildman–Crippen MR) is 325 cm³/mol. The molecule has 0 unspecified atom stereocenters. The minimum absolute atomic E-state index is 0.0576. The summed E-state index contributed by atoms with van der Waals surface area (Å²) in [5.41, 5.74) is -2.87. The van der Waals surface area contributed by atoms with Crippen LogP contribution in [-0.2, 0) is 75.4 Å². The highest BCUT2D eigenvalue weighted by Gasteiger charge is 2.63. The maximum atomic E-state index is 15.9. The van der Waals surface area contributed by atoms with E-state index in [2.05, 4.69) is 0 Å². The molecule has 0 radical (unpaired) electrons. The van der Waals surface area contributed by atoms with E-state index in [0.29, 0.717) is 22.3 Å². The number of carbonyl (C=O) groups is 8. The van der Waals surface area contributed by atoms with Crippen LogP contribution in [0.2, 0.25) is 0 Å². The fraction of sp³-hybridized carbons (Fsp3) is 0.0833. The van der Waals surface area contributed by atoms with Crippen LogP contribution in [0.3, 0.4) is 0 Å². The number of rotatable bonds is 14. The molecule has 0 aliphatic heterocycles. The Morgan fingerprint density at radius 2 is 0.593 bits per heavy atom. The van der Waals surface area contributed by atoms with E-state index in [-0.39, 0.29) is 101 Å². The first-order valence-electron chi connectivity index (χ1n) is 27.5. The van der Waals surface area contributed by atoms with E-state index < -0.39 is 57.8 Å². The number of thiophene rings is 2. The Hall–Kier alpha value is -10.5. The summed E-state index contributed by atoms with van der Waals surface area (Å²) in [7, 11) is 0. The van der Waals surface area contributed by atoms with Gasteiger partial charge in [0.1, 0.15) is 26.4 Å². The molecule has 416 valence electrons. The fourth-order valence-electron chi connectivity index (χ4n) is 11.9. The first kappa shape index (κ1) is 53.5. The molecule has 4 aliphatic carbocycles. The number of allylic oxidation sites excluding steroid dienone is 4. The summed E-state index contributed by atoms with van der Waals surface area (Å²) in [6.45, 7) is -1.23.